The molecule has 0 bridgehead atoms. The summed E-state index contributed by atoms with van der Waals surface area (Å²) in [4.78, 5) is 11.1. The van der Waals surface area contributed by atoms with Gasteiger partial charge in [-0.1, -0.05) is 24.9 Å². The Labute approximate surface area is 130 Å². The van der Waals surface area contributed by atoms with E-state index in [1.54, 1.807) is 0 Å². The standard InChI is InChI=1S/C14H20ClNO4S/c1-5-6-9(2)16(4)21(19,20)13-8-11(15)7-12(10(13)3)14(17)18/h7-9H,5-6H2,1-4H3,(H,17,18). The molecule has 5 nitrogen and oxygen atoms in total. The molecule has 0 aliphatic rings. The lowest BCUT2D eigenvalue weighted by molar-refractivity contribution is 0.0696. The number of hydrogen-bond acceptors (Lipinski definition) is 3. The van der Waals surface area contributed by atoms with Crippen LogP contribution in [0.5, 0.6) is 0 Å². The average molecular weight is 334 g/mol. The van der Waals surface area contributed by atoms with Gasteiger partial charge in [0.2, 0.25) is 10.0 Å². The quantitative estimate of drug-likeness (QED) is 0.867. The van der Waals surface area contributed by atoms with Crippen LogP contribution in [-0.2, 0) is 10.0 Å². The fraction of sp³-hybridized carbons (Fsp3) is 0.500. The molecule has 0 amide bonds. The van der Waals surface area contributed by atoms with E-state index in [-0.39, 0.29) is 27.1 Å². The molecule has 0 spiro atoms. The molecule has 0 fully saturated rings. The first kappa shape index (κ1) is 17.9. The summed E-state index contributed by atoms with van der Waals surface area (Å²) < 4.78 is 26.6. The zero-order valence-corrected chi connectivity index (χ0v) is 14.1. The molecule has 1 atom stereocenters. The second kappa shape index (κ2) is 6.77. The zero-order valence-electron chi connectivity index (χ0n) is 12.6. The van der Waals surface area contributed by atoms with Gasteiger partial charge in [0, 0.05) is 18.1 Å². The molecule has 7 heteroatoms. The first-order valence-corrected chi connectivity index (χ1v) is 8.46. The SMILES string of the molecule is CCCC(C)N(C)S(=O)(=O)c1cc(Cl)cc(C(=O)O)c1C. The Hall–Kier alpha value is -1.11. The van der Waals surface area contributed by atoms with Crippen molar-refractivity contribution in [3.05, 3.63) is 28.3 Å². The van der Waals surface area contributed by atoms with Crippen molar-refractivity contribution in [2.45, 2.75) is 44.6 Å². The highest BCUT2D eigenvalue weighted by Gasteiger charge is 2.28. The summed E-state index contributed by atoms with van der Waals surface area (Å²) in [5, 5.41) is 9.24. The van der Waals surface area contributed by atoms with Crippen LogP contribution in [0.15, 0.2) is 17.0 Å². The van der Waals surface area contributed by atoms with E-state index in [4.69, 9.17) is 16.7 Å². The van der Waals surface area contributed by atoms with E-state index in [0.717, 1.165) is 12.8 Å². The van der Waals surface area contributed by atoms with E-state index in [0.29, 0.717) is 0 Å². The lowest BCUT2D eigenvalue weighted by Gasteiger charge is -2.25. The molecule has 1 aromatic rings. The van der Waals surface area contributed by atoms with Crippen molar-refractivity contribution in [3.8, 4) is 0 Å². The number of sulfonamides is 1. The number of benzene rings is 1. The van der Waals surface area contributed by atoms with Crippen LogP contribution < -0.4 is 0 Å². The third-order valence-electron chi connectivity index (χ3n) is 3.54. The summed E-state index contributed by atoms with van der Waals surface area (Å²) in [6.45, 7) is 5.27. The lowest BCUT2D eigenvalue weighted by Crippen LogP contribution is -2.35. The molecule has 1 unspecified atom stereocenters. The highest BCUT2D eigenvalue weighted by molar-refractivity contribution is 7.89. The maximum atomic E-state index is 12.7. The summed E-state index contributed by atoms with van der Waals surface area (Å²) in [5.74, 6) is -1.20. The molecule has 0 aliphatic heterocycles. The molecule has 0 aromatic heterocycles. The third kappa shape index (κ3) is 3.75. The summed E-state index contributed by atoms with van der Waals surface area (Å²) >= 11 is 5.87. The number of carboxylic acid groups (broad SMARTS) is 1. The Balaban J connectivity index is 3.42. The Morgan fingerprint density at radius 1 is 1.43 bits per heavy atom. The van der Waals surface area contributed by atoms with Crippen molar-refractivity contribution in [3.63, 3.8) is 0 Å². The highest BCUT2D eigenvalue weighted by Crippen LogP contribution is 2.28. The second-order valence-corrected chi connectivity index (χ2v) is 7.44. The van der Waals surface area contributed by atoms with Gasteiger partial charge in [-0.15, -0.1) is 0 Å². The van der Waals surface area contributed by atoms with Crippen molar-refractivity contribution >= 4 is 27.6 Å². The minimum absolute atomic E-state index is 0.0575. The first-order chi connectivity index (χ1) is 9.62. The molecule has 1 rings (SSSR count). The maximum Gasteiger partial charge on any atom is 0.336 e. The number of carbonyl (C=O) groups is 1. The zero-order chi connectivity index (χ0) is 16.4. The Morgan fingerprint density at radius 3 is 2.48 bits per heavy atom. The number of hydrogen-bond donors (Lipinski definition) is 1. The van der Waals surface area contributed by atoms with Crippen molar-refractivity contribution in [2.24, 2.45) is 0 Å². The Bertz CT molecular complexity index is 643. The number of nitrogens with zero attached hydrogens (tertiary/aromatic N) is 1. The molecule has 0 saturated carbocycles. The fourth-order valence-electron chi connectivity index (χ4n) is 2.14. The van der Waals surface area contributed by atoms with E-state index in [9.17, 15) is 13.2 Å². The fourth-order valence-corrected chi connectivity index (χ4v) is 4.08. The minimum atomic E-state index is -3.78. The molecule has 118 valence electrons. The Kier molecular flexibility index (Phi) is 5.78. The lowest BCUT2D eigenvalue weighted by atomic mass is 10.1. The molecule has 0 aliphatic carbocycles. The van der Waals surface area contributed by atoms with E-state index >= 15 is 0 Å². The van der Waals surface area contributed by atoms with Gasteiger partial charge < -0.3 is 5.11 Å². The topological polar surface area (TPSA) is 74.7 Å². The monoisotopic (exact) mass is 333 g/mol. The first-order valence-electron chi connectivity index (χ1n) is 6.64. The van der Waals surface area contributed by atoms with Gasteiger partial charge in [0.05, 0.1) is 10.5 Å². The normalized spacial score (nSPS) is 13.4. The molecule has 0 radical (unpaired) electrons. The minimum Gasteiger partial charge on any atom is -0.478 e. The van der Waals surface area contributed by atoms with E-state index < -0.39 is 16.0 Å². The van der Waals surface area contributed by atoms with Crippen molar-refractivity contribution in [1.29, 1.82) is 0 Å². The smallest absolute Gasteiger partial charge is 0.336 e. The Morgan fingerprint density at radius 2 is 2.00 bits per heavy atom. The predicted molar refractivity (Wildman–Crippen MR) is 82.5 cm³/mol. The van der Waals surface area contributed by atoms with Crippen LogP contribution in [-0.4, -0.2) is 36.9 Å². The number of aromatic carboxylic acids is 1. The highest BCUT2D eigenvalue weighted by atomic mass is 35.5. The molecular formula is C14H20ClNO4S. The van der Waals surface area contributed by atoms with Gasteiger partial charge >= 0.3 is 5.97 Å². The van der Waals surface area contributed by atoms with Crippen LogP contribution in [0.1, 0.15) is 42.6 Å². The third-order valence-corrected chi connectivity index (χ3v) is 5.86. The van der Waals surface area contributed by atoms with E-state index in [1.165, 1.54) is 30.4 Å². The summed E-state index contributed by atoms with van der Waals surface area (Å²) in [6, 6.07) is 2.38. The van der Waals surface area contributed by atoms with Crippen molar-refractivity contribution in [1.82, 2.24) is 4.31 Å². The van der Waals surface area contributed by atoms with Crippen LogP contribution in [0.25, 0.3) is 0 Å². The molecule has 0 saturated heterocycles. The van der Waals surface area contributed by atoms with Crippen LogP contribution in [0.3, 0.4) is 0 Å². The van der Waals surface area contributed by atoms with Gasteiger partial charge in [-0.05, 0) is 38.0 Å². The number of rotatable bonds is 6. The van der Waals surface area contributed by atoms with Gasteiger partial charge in [0.1, 0.15) is 0 Å². The van der Waals surface area contributed by atoms with Crippen LogP contribution in [0.4, 0.5) is 0 Å². The molecule has 1 N–H and O–H groups in total. The largest absolute Gasteiger partial charge is 0.478 e. The van der Waals surface area contributed by atoms with Crippen molar-refractivity contribution in [2.75, 3.05) is 7.05 Å². The van der Waals surface area contributed by atoms with Crippen molar-refractivity contribution < 1.29 is 18.3 Å². The van der Waals surface area contributed by atoms with Gasteiger partial charge in [-0.25, -0.2) is 13.2 Å². The maximum absolute atomic E-state index is 12.7. The van der Waals surface area contributed by atoms with Crippen LogP contribution in [0.2, 0.25) is 5.02 Å². The van der Waals surface area contributed by atoms with Gasteiger partial charge in [0.15, 0.2) is 0 Å². The number of halogens is 1. The summed E-state index contributed by atoms with van der Waals surface area (Å²) in [5.41, 5.74) is 0.0973. The molecule has 21 heavy (non-hydrogen) atoms. The van der Waals surface area contributed by atoms with E-state index in [1.807, 2.05) is 13.8 Å². The van der Waals surface area contributed by atoms with E-state index in [2.05, 4.69) is 0 Å². The van der Waals surface area contributed by atoms with Gasteiger partial charge in [-0.3, -0.25) is 0 Å². The number of carboxylic acids is 1. The predicted octanol–water partition coefficient (Wildman–Crippen LogP) is 3.16. The van der Waals surface area contributed by atoms with Gasteiger partial charge in [0.25, 0.3) is 0 Å². The second-order valence-electron chi connectivity index (χ2n) is 5.04. The van der Waals surface area contributed by atoms with Gasteiger partial charge in [-0.2, -0.15) is 4.31 Å². The van der Waals surface area contributed by atoms with Crippen LogP contribution in [0, 0.1) is 6.92 Å². The molecule has 0 heterocycles. The molecular weight excluding hydrogens is 314 g/mol. The van der Waals surface area contributed by atoms with Crippen LogP contribution >= 0.6 is 11.6 Å². The molecule has 1 aromatic carbocycles. The summed E-state index contributed by atoms with van der Waals surface area (Å²) in [6.07, 6.45) is 1.58. The summed E-state index contributed by atoms with van der Waals surface area (Å²) in [7, 11) is -2.29. The average Bonchev–Trinajstić information content (AvgIpc) is 2.39.